The third-order valence-electron chi connectivity index (χ3n) is 1.03. The van der Waals surface area contributed by atoms with Crippen LogP contribution in [0.5, 0.6) is 5.75 Å². The van der Waals surface area contributed by atoms with Crippen LogP contribution in [0.1, 0.15) is 0 Å². The smallest absolute Gasteiger partial charge is 0.357 e. The fraction of sp³-hybridized carbons (Fsp3) is 0. The Bertz CT molecular complexity index is 376. The van der Waals surface area contributed by atoms with Crippen molar-refractivity contribution in [2.75, 3.05) is 0 Å². The number of hydrogen-bond donors (Lipinski definition) is 0. The van der Waals surface area contributed by atoms with Gasteiger partial charge in [-0.2, -0.15) is 8.42 Å². The summed E-state index contributed by atoms with van der Waals surface area (Å²) in [6, 6.07) is 5.69. The molecule has 0 amide bonds. The van der Waals surface area contributed by atoms with Gasteiger partial charge in [-0.05, 0) is 12.1 Å². The zero-order valence-corrected chi connectivity index (χ0v) is 7.27. The molecule has 6 heteroatoms. The summed E-state index contributed by atoms with van der Waals surface area (Å²) in [7, 11) is -4.98. The van der Waals surface area contributed by atoms with E-state index in [1.807, 2.05) is 0 Å². The summed E-state index contributed by atoms with van der Waals surface area (Å²) in [4.78, 5) is 0. The zero-order chi connectivity index (χ0) is 9.19. The average molecular weight is 211 g/mol. The molecule has 0 aliphatic heterocycles. The van der Waals surface area contributed by atoms with Crippen molar-refractivity contribution in [1.82, 2.24) is 0 Å². The molecule has 0 unspecified atom stereocenters. The van der Waals surface area contributed by atoms with Crippen molar-refractivity contribution in [1.29, 1.82) is 0 Å². The summed E-state index contributed by atoms with van der Waals surface area (Å²) in [6.45, 7) is 0. The highest BCUT2D eigenvalue weighted by Gasteiger charge is 2.11. The van der Waals surface area contributed by atoms with E-state index in [-0.39, 0.29) is 10.8 Å². The van der Waals surface area contributed by atoms with E-state index in [0.29, 0.717) is 0 Å². The summed E-state index contributed by atoms with van der Waals surface area (Å²) in [6.07, 6.45) is 0. The van der Waals surface area contributed by atoms with Crippen LogP contribution in [0.25, 0.3) is 0 Å². The summed E-state index contributed by atoms with van der Waals surface area (Å²) < 4.78 is 35.9. The SMILES string of the molecule is O=S(=O)(F)Oc1ccccc1Cl. The molecule has 3 nitrogen and oxygen atoms in total. The van der Waals surface area contributed by atoms with Crippen LogP contribution in [0.4, 0.5) is 3.89 Å². The van der Waals surface area contributed by atoms with Crippen LogP contribution in [-0.2, 0) is 10.5 Å². The summed E-state index contributed by atoms with van der Waals surface area (Å²) in [5.41, 5.74) is 0. The lowest BCUT2D eigenvalue weighted by Gasteiger charge is -2.00. The molecular weight excluding hydrogens is 207 g/mol. The van der Waals surface area contributed by atoms with Crippen LogP contribution in [0.15, 0.2) is 24.3 Å². The Kier molecular flexibility index (Phi) is 2.54. The molecule has 0 aliphatic carbocycles. The van der Waals surface area contributed by atoms with Crippen molar-refractivity contribution in [3.63, 3.8) is 0 Å². The molecule has 0 bridgehead atoms. The van der Waals surface area contributed by atoms with Gasteiger partial charge in [0.2, 0.25) is 0 Å². The monoisotopic (exact) mass is 210 g/mol. The van der Waals surface area contributed by atoms with Gasteiger partial charge in [0.15, 0.2) is 5.75 Å². The summed E-state index contributed by atoms with van der Waals surface area (Å²) in [5, 5.41) is 0.0405. The minimum atomic E-state index is -4.98. The molecule has 0 heterocycles. The number of benzene rings is 1. The minimum absolute atomic E-state index is 0.0405. The predicted molar refractivity (Wildman–Crippen MR) is 42.1 cm³/mol. The van der Waals surface area contributed by atoms with Crippen molar-refractivity contribution < 1.29 is 16.5 Å². The first-order chi connectivity index (χ1) is 5.49. The van der Waals surface area contributed by atoms with E-state index in [9.17, 15) is 12.3 Å². The van der Waals surface area contributed by atoms with Gasteiger partial charge in [-0.1, -0.05) is 27.6 Å². The molecule has 0 radical (unpaired) electrons. The van der Waals surface area contributed by atoms with E-state index in [1.165, 1.54) is 18.2 Å². The third-order valence-corrected chi connectivity index (χ3v) is 1.72. The van der Waals surface area contributed by atoms with Crippen LogP contribution < -0.4 is 4.18 Å². The van der Waals surface area contributed by atoms with Crippen molar-refractivity contribution in [2.24, 2.45) is 0 Å². The zero-order valence-electron chi connectivity index (χ0n) is 5.70. The largest absolute Gasteiger partial charge is 0.488 e. The second-order valence-corrected chi connectivity index (χ2v) is 3.27. The van der Waals surface area contributed by atoms with E-state index in [4.69, 9.17) is 11.6 Å². The predicted octanol–water partition coefficient (Wildman–Crippen LogP) is 1.93. The summed E-state index contributed by atoms with van der Waals surface area (Å²) >= 11 is 5.47. The fourth-order valence-corrected chi connectivity index (χ4v) is 1.20. The van der Waals surface area contributed by atoms with Crippen molar-refractivity contribution in [2.45, 2.75) is 0 Å². The van der Waals surface area contributed by atoms with Gasteiger partial charge in [0, 0.05) is 0 Å². The molecule has 0 saturated heterocycles. The van der Waals surface area contributed by atoms with Crippen molar-refractivity contribution in [3.05, 3.63) is 29.3 Å². The lowest BCUT2D eigenvalue weighted by atomic mass is 10.3. The molecule has 0 aromatic heterocycles. The third kappa shape index (κ3) is 2.67. The van der Waals surface area contributed by atoms with Gasteiger partial charge in [0.05, 0.1) is 5.02 Å². The Morgan fingerprint density at radius 3 is 2.42 bits per heavy atom. The fourth-order valence-electron chi connectivity index (χ4n) is 0.620. The molecule has 1 rings (SSSR count). The van der Waals surface area contributed by atoms with E-state index < -0.39 is 10.5 Å². The van der Waals surface area contributed by atoms with Crippen LogP contribution in [0, 0.1) is 0 Å². The van der Waals surface area contributed by atoms with Crippen LogP contribution in [0.3, 0.4) is 0 Å². The Balaban J connectivity index is 2.98. The lowest BCUT2D eigenvalue weighted by Crippen LogP contribution is -2.01. The molecular formula is C6H4ClFO3S. The molecule has 1 aromatic rings. The van der Waals surface area contributed by atoms with Gasteiger partial charge >= 0.3 is 10.5 Å². The second kappa shape index (κ2) is 3.28. The van der Waals surface area contributed by atoms with Gasteiger partial charge in [0.25, 0.3) is 0 Å². The molecule has 1 aromatic carbocycles. The van der Waals surface area contributed by atoms with E-state index >= 15 is 0 Å². The molecule has 0 fully saturated rings. The van der Waals surface area contributed by atoms with Gasteiger partial charge in [0.1, 0.15) is 0 Å². The Labute approximate surface area is 74.1 Å². The van der Waals surface area contributed by atoms with E-state index in [1.54, 1.807) is 6.07 Å². The minimum Gasteiger partial charge on any atom is -0.357 e. The molecule has 0 aliphatic rings. The van der Waals surface area contributed by atoms with Crippen LogP contribution in [-0.4, -0.2) is 8.42 Å². The number of rotatable bonds is 2. The molecule has 0 N–H and O–H groups in total. The first kappa shape index (κ1) is 9.28. The highest BCUT2D eigenvalue weighted by Crippen LogP contribution is 2.24. The van der Waals surface area contributed by atoms with Crippen molar-refractivity contribution >= 4 is 22.1 Å². The quantitative estimate of drug-likeness (QED) is 0.701. The maximum atomic E-state index is 11.9. The van der Waals surface area contributed by atoms with E-state index in [0.717, 1.165) is 0 Å². The van der Waals surface area contributed by atoms with Crippen molar-refractivity contribution in [3.8, 4) is 5.75 Å². The number of halogens is 2. The average Bonchev–Trinajstić information content (AvgIpc) is 1.91. The van der Waals surface area contributed by atoms with Crippen LogP contribution >= 0.6 is 11.6 Å². The first-order valence-corrected chi connectivity index (χ1v) is 4.56. The second-order valence-electron chi connectivity index (χ2n) is 1.91. The normalized spacial score (nSPS) is 11.2. The molecule has 0 spiro atoms. The van der Waals surface area contributed by atoms with Gasteiger partial charge in [-0.15, -0.1) is 0 Å². The summed E-state index contributed by atoms with van der Waals surface area (Å²) in [5.74, 6) is -0.221. The highest BCUT2D eigenvalue weighted by atomic mass is 35.5. The Hall–Kier alpha value is -0.810. The van der Waals surface area contributed by atoms with Gasteiger partial charge < -0.3 is 4.18 Å². The van der Waals surface area contributed by atoms with Crippen LogP contribution in [0.2, 0.25) is 5.02 Å². The van der Waals surface area contributed by atoms with E-state index in [2.05, 4.69) is 4.18 Å². The van der Waals surface area contributed by atoms with Gasteiger partial charge in [-0.3, -0.25) is 0 Å². The highest BCUT2D eigenvalue weighted by molar-refractivity contribution is 7.81. The Morgan fingerprint density at radius 1 is 1.33 bits per heavy atom. The number of hydrogen-bond acceptors (Lipinski definition) is 3. The topological polar surface area (TPSA) is 43.4 Å². The number of para-hydroxylation sites is 1. The first-order valence-electron chi connectivity index (χ1n) is 2.87. The Morgan fingerprint density at radius 2 is 1.92 bits per heavy atom. The molecule has 0 saturated carbocycles. The molecule has 66 valence electrons. The maximum absolute atomic E-state index is 11.9. The standard InChI is InChI=1S/C6H4ClFO3S/c7-5-3-1-2-4-6(5)11-12(8,9)10/h1-4H. The van der Waals surface area contributed by atoms with Gasteiger partial charge in [-0.25, -0.2) is 0 Å². The molecule has 0 atom stereocenters. The molecule has 12 heavy (non-hydrogen) atoms. The maximum Gasteiger partial charge on any atom is 0.488 e. The lowest BCUT2D eigenvalue weighted by molar-refractivity contribution is 0.440.